The van der Waals surface area contributed by atoms with Gasteiger partial charge in [0.1, 0.15) is 0 Å². The Labute approximate surface area is 131 Å². The predicted octanol–water partition coefficient (Wildman–Crippen LogP) is 4.69. The monoisotopic (exact) mass is 319 g/mol. The first-order valence-electron chi connectivity index (χ1n) is 6.31. The van der Waals surface area contributed by atoms with Gasteiger partial charge >= 0.3 is 5.97 Å². The highest BCUT2D eigenvalue weighted by atomic mass is 35.5. The van der Waals surface area contributed by atoms with Crippen molar-refractivity contribution in [3.05, 3.63) is 69.8 Å². The van der Waals surface area contributed by atoms with Gasteiger partial charge in [0.15, 0.2) is 0 Å². The van der Waals surface area contributed by atoms with Crippen LogP contribution in [0.4, 0.5) is 0 Å². The Kier molecular flexibility index (Phi) is 3.62. The second kappa shape index (κ2) is 5.43. The number of carboxylic acid groups (broad SMARTS) is 1. The van der Waals surface area contributed by atoms with Crippen LogP contribution in [0.5, 0.6) is 0 Å². The van der Waals surface area contributed by atoms with Crippen molar-refractivity contribution in [3.8, 4) is 0 Å². The van der Waals surface area contributed by atoms with E-state index >= 15 is 0 Å². The molecule has 21 heavy (non-hydrogen) atoms. The molecule has 3 rings (SSSR count). The Balaban J connectivity index is 2.13. The molecule has 3 nitrogen and oxygen atoms in total. The Morgan fingerprint density at radius 2 is 1.90 bits per heavy atom. The van der Waals surface area contributed by atoms with E-state index in [0.717, 1.165) is 11.1 Å². The van der Waals surface area contributed by atoms with E-state index in [4.69, 9.17) is 23.2 Å². The van der Waals surface area contributed by atoms with Gasteiger partial charge in [-0.25, -0.2) is 4.79 Å². The quantitative estimate of drug-likeness (QED) is 0.760. The minimum absolute atomic E-state index is 0.281. The summed E-state index contributed by atoms with van der Waals surface area (Å²) in [6.45, 7) is 0.465. The number of hydrogen-bond acceptors (Lipinski definition) is 1. The summed E-state index contributed by atoms with van der Waals surface area (Å²) in [5.74, 6) is -0.942. The standard InChI is InChI=1S/C16H11Cl2NO2/c17-11-5-6-14(18)10(7-11)8-19-9-13(16(20)21)12-3-1-2-4-15(12)19/h1-7,9H,8H2,(H,20,21). The van der Waals surface area contributed by atoms with E-state index in [-0.39, 0.29) is 5.56 Å². The molecule has 0 aliphatic carbocycles. The molecular formula is C16H11Cl2NO2. The molecule has 2 aromatic carbocycles. The molecular weight excluding hydrogens is 309 g/mol. The minimum atomic E-state index is -0.942. The van der Waals surface area contributed by atoms with Gasteiger partial charge in [0.25, 0.3) is 0 Å². The number of para-hydroxylation sites is 1. The summed E-state index contributed by atoms with van der Waals surface area (Å²) in [4.78, 5) is 11.3. The van der Waals surface area contributed by atoms with Crippen molar-refractivity contribution in [2.75, 3.05) is 0 Å². The zero-order chi connectivity index (χ0) is 15.0. The van der Waals surface area contributed by atoms with Crippen LogP contribution in [0.25, 0.3) is 10.9 Å². The Hall–Kier alpha value is -1.97. The predicted molar refractivity (Wildman–Crippen MR) is 84.5 cm³/mol. The number of fused-ring (bicyclic) bond motifs is 1. The van der Waals surface area contributed by atoms with Crippen molar-refractivity contribution < 1.29 is 9.90 Å². The van der Waals surface area contributed by atoms with Gasteiger partial charge < -0.3 is 9.67 Å². The number of hydrogen-bond donors (Lipinski definition) is 1. The molecule has 5 heteroatoms. The van der Waals surface area contributed by atoms with Crippen LogP contribution in [0, 0.1) is 0 Å². The van der Waals surface area contributed by atoms with Gasteiger partial charge in [0.2, 0.25) is 0 Å². The normalized spacial score (nSPS) is 11.0. The molecule has 1 N–H and O–H groups in total. The first-order chi connectivity index (χ1) is 10.1. The molecule has 0 saturated heterocycles. The zero-order valence-corrected chi connectivity index (χ0v) is 12.4. The second-order valence-corrected chi connectivity index (χ2v) is 5.57. The van der Waals surface area contributed by atoms with Crippen LogP contribution in [-0.2, 0) is 6.54 Å². The van der Waals surface area contributed by atoms with Crippen LogP contribution in [0.1, 0.15) is 15.9 Å². The lowest BCUT2D eigenvalue weighted by Gasteiger charge is -2.08. The summed E-state index contributed by atoms with van der Waals surface area (Å²) < 4.78 is 1.87. The molecule has 1 heterocycles. The van der Waals surface area contributed by atoms with E-state index in [2.05, 4.69) is 0 Å². The maximum atomic E-state index is 11.3. The molecule has 0 atom stereocenters. The smallest absolute Gasteiger partial charge is 0.337 e. The summed E-state index contributed by atoms with van der Waals surface area (Å²) in [5, 5.41) is 11.2. The highest BCUT2D eigenvalue weighted by Crippen LogP contribution is 2.26. The lowest BCUT2D eigenvalue weighted by atomic mass is 10.2. The average molecular weight is 320 g/mol. The lowest BCUT2D eigenvalue weighted by molar-refractivity contribution is 0.0699. The number of rotatable bonds is 3. The van der Waals surface area contributed by atoms with Crippen LogP contribution in [0.15, 0.2) is 48.7 Å². The fourth-order valence-electron chi connectivity index (χ4n) is 2.40. The fraction of sp³-hybridized carbons (Fsp3) is 0.0625. The summed E-state index contributed by atoms with van der Waals surface area (Å²) in [5.41, 5.74) is 1.98. The molecule has 0 amide bonds. The number of nitrogens with zero attached hydrogens (tertiary/aromatic N) is 1. The molecule has 1 aromatic heterocycles. The molecule has 0 unspecified atom stereocenters. The maximum Gasteiger partial charge on any atom is 0.337 e. The van der Waals surface area contributed by atoms with E-state index < -0.39 is 5.97 Å². The fourth-order valence-corrected chi connectivity index (χ4v) is 2.77. The van der Waals surface area contributed by atoms with Gasteiger partial charge in [-0.15, -0.1) is 0 Å². The number of halogens is 2. The molecule has 106 valence electrons. The largest absolute Gasteiger partial charge is 0.478 e. The highest BCUT2D eigenvalue weighted by Gasteiger charge is 2.14. The summed E-state index contributed by atoms with van der Waals surface area (Å²) >= 11 is 12.2. The second-order valence-electron chi connectivity index (χ2n) is 4.73. The topological polar surface area (TPSA) is 42.2 Å². The van der Waals surface area contributed by atoms with Gasteiger partial charge in [-0.1, -0.05) is 41.4 Å². The van der Waals surface area contributed by atoms with Crippen molar-refractivity contribution in [1.29, 1.82) is 0 Å². The molecule has 0 aliphatic rings. The molecule has 0 fully saturated rings. The number of aromatic carboxylic acids is 1. The van der Waals surface area contributed by atoms with E-state index in [1.807, 2.05) is 22.8 Å². The SMILES string of the molecule is O=C(O)c1cn(Cc2cc(Cl)ccc2Cl)c2ccccc12. The third-order valence-electron chi connectivity index (χ3n) is 3.37. The Morgan fingerprint density at radius 3 is 2.67 bits per heavy atom. The molecule has 0 bridgehead atoms. The van der Waals surface area contributed by atoms with Crippen LogP contribution >= 0.6 is 23.2 Å². The minimum Gasteiger partial charge on any atom is -0.478 e. The molecule has 3 aromatic rings. The van der Waals surface area contributed by atoms with Gasteiger partial charge in [-0.3, -0.25) is 0 Å². The zero-order valence-electron chi connectivity index (χ0n) is 10.9. The van der Waals surface area contributed by atoms with E-state index in [1.54, 1.807) is 30.5 Å². The van der Waals surface area contributed by atoms with Crippen LogP contribution in [0.2, 0.25) is 10.0 Å². The number of benzene rings is 2. The Bertz CT molecular complexity index is 839. The molecule has 0 saturated carbocycles. The molecule has 0 spiro atoms. The van der Waals surface area contributed by atoms with E-state index in [0.29, 0.717) is 22.0 Å². The van der Waals surface area contributed by atoms with Gasteiger partial charge in [-0.05, 0) is 29.8 Å². The van der Waals surface area contributed by atoms with Gasteiger partial charge in [0, 0.05) is 33.7 Å². The van der Waals surface area contributed by atoms with Crippen LogP contribution < -0.4 is 0 Å². The lowest BCUT2D eigenvalue weighted by Crippen LogP contribution is -1.99. The van der Waals surface area contributed by atoms with Crippen LogP contribution in [0.3, 0.4) is 0 Å². The van der Waals surface area contributed by atoms with Crippen molar-refractivity contribution in [2.45, 2.75) is 6.54 Å². The maximum absolute atomic E-state index is 11.3. The van der Waals surface area contributed by atoms with Crippen molar-refractivity contribution in [3.63, 3.8) is 0 Å². The van der Waals surface area contributed by atoms with E-state index in [9.17, 15) is 9.90 Å². The summed E-state index contributed by atoms with van der Waals surface area (Å²) in [7, 11) is 0. The number of carbonyl (C=O) groups is 1. The van der Waals surface area contributed by atoms with Gasteiger partial charge in [-0.2, -0.15) is 0 Å². The first-order valence-corrected chi connectivity index (χ1v) is 7.07. The number of aromatic nitrogens is 1. The third-order valence-corrected chi connectivity index (χ3v) is 3.97. The highest BCUT2D eigenvalue weighted by molar-refractivity contribution is 6.33. The first kappa shape index (κ1) is 14.0. The number of carboxylic acids is 1. The van der Waals surface area contributed by atoms with Crippen molar-refractivity contribution in [2.24, 2.45) is 0 Å². The van der Waals surface area contributed by atoms with Gasteiger partial charge in [0.05, 0.1) is 5.56 Å². The summed E-state index contributed by atoms with van der Waals surface area (Å²) in [6.07, 6.45) is 1.63. The average Bonchev–Trinajstić information content (AvgIpc) is 2.82. The summed E-state index contributed by atoms with van der Waals surface area (Å²) in [6, 6.07) is 12.6. The van der Waals surface area contributed by atoms with Crippen molar-refractivity contribution >= 4 is 40.1 Å². The van der Waals surface area contributed by atoms with Crippen LogP contribution in [-0.4, -0.2) is 15.6 Å². The third kappa shape index (κ3) is 2.62. The van der Waals surface area contributed by atoms with Crippen molar-refractivity contribution in [1.82, 2.24) is 4.57 Å². The molecule has 0 radical (unpaired) electrons. The van der Waals surface area contributed by atoms with E-state index in [1.165, 1.54) is 0 Å². The Morgan fingerprint density at radius 1 is 1.14 bits per heavy atom. The molecule has 0 aliphatic heterocycles.